The fraction of sp³-hybridized carbons (Fsp3) is 0. The second kappa shape index (κ2) is 16.1. The van der Waals surface area contributed by atoms with Crippen molar-refractivity contribution in [1.29, 1.82) is 0 Å². The van der Waals surface area contributed by atoms with E-state index < -0.39 is 8.07 Å². The van der Waals surface area contributed by atoms with Crippen LogP contribution >= 0.6 is 0 Å². The summed E-state index contributed by atoms with van der Waals surface area (Å²) in [5, 5.41) is 12.8. The quantitative estimate of drug-likeness (QED) is 0.107. The van der Waals surface area contributed by atoms with Gasteiger partial charge >= 0.3 is 0 Å². The molecule has 3 nitrogen and oxygen atoms in total. The Labute approximate surface area is 407 Å². The van der Waals surface area contributed by atoms with Crippen molar-refractivity contribution >= 4 is 94.2 Å². The van der Waals surface area contributed by atoms with Gasteiger partial charge in [0, 0.05) is 49.3 Å². The van der Waals surface area contributed by atoms with E-state index in [1.54, 1.807) is 0 Å². The summed E-state index contributed by atoms with van der Waals surface area (Å²) in [6, 6.07) is 101. The van der Waals surface area contributed by atoms with Gasteiger partial charge in [-0.05, 0) is 80.9 Å². The Balaban J connectivity index is 1.06. The number of fused-ring (bicyclic) bond motifs is 9. The number of benzene rings is 11. The molecule has 328 valence electrons. The third-order valence-corrected chi connectivity index (χ3v) is 19.5. The minimum absolute atomic E-state index is 1.14. The van der Waals surface area contributed by atoms with E-state index in [1.165, 1.54) is 97.3 Å². The number of hydrogen-bond donors (Lipinski definition) is 0. The summed E-state index contributed by atoms with van der Waals surface area (Å²) in [4.78, 5) is 0. The molecule has 14 rings (SSSR count). The molecule has 4 heteroatoms. The van der Waals surface area contributed by atoms with E-state index in [1.807, 2.05) is 0 Å². The highest BCUT2D eigenvalue weighted by Gasteiger charge is 2.41. The summed E-state index contributed by atoms with van der Waals surface area (Å²) in [6.45, 7) is 0. The van der Waals surface area contributed by atoms with Crippen LogP contribution < -0.4 is 20.7 Å². The van der Waals surface area contributed by atoms with E-state index >= 15 is 0 Å². The van der Waals surface area contributed by atoms with Crippen LogP contribution in [0.1, 0.15) is 0 Å². The molecule has 70 heavy (non-hydrogen) atoms. The van der Waals surface area contributed by atoms with Crippen LogP contribution in [0.2, 0.25) is 0 Å². The van der Waals surface area contributed by atoms with Crippen LogP contribution in [0, 0.1) is 0 Å². The van der Waals surface area contributed by atoms with Crippen molar-refractivity contribution in [1.82, 2.24) is 13.7 Å². The molecule has 0 unspecified atom stereocenters. The van der Waals surface area contributed by atoms with Crippen LogP contribution in [-0.2, 0) is 0 Å². The summed E-state index contributed by atoms with van der Waals surface area (Å²) in [7, 11) is -2.83. The molecule has 0 bridgehead atoms. The number of nitrogens with zero attached hydrogens (tertiary/aromatic N) is 3. The zero-order chi connectivity index (χ0) is 46.2. The topological polar surface area (TPSA) is 14.8 Å². The molecule has 0 spiro atoms. The molecule has 0 saturated carbocycles. The average Bonchev–Trinajstić information content (AvgIpc) is 4.09. The van der Waals surface area contributed by atoms with Crippen LogP contribution in [0.5, 0.6) is 0 Å². The molecule has 3 heterocycles. The van der Waals surface area contributed by atoms with Gasteiger partial charge in [0.05, 0.1) is 38.8 Å². The zero-order valence-corrected chi connectivity index (χ0v) is 39.3. The largest absolute Gasteiger partial charge is 0.309 e. The van der Waals surface area contributed by atoms with Gasteiger partial charge in [-0.1, -0.05) is 218 Å². The molecule has 0 saturated heterocycles. The molecule has 0 amide bonds. The van der Waals surface area contributed by atoms with Gasteiger partial charge in [0.1, 0.15) is 0 Å². The molecular formula is C66H45N3Si. The third kappa shape index (κ3) is 5.87. The van der Waals surface area contributed by atoms with Gasteiger partial charge in [-0.15, -0.1) is 0 Å². The number of rotatable bonds is 8. The van der Waals surface area contributed by atoms with E-state index in [-0.39, 0.29) is 0 Å². The van der Waals surface area contributed by atoms with Gasteiger partial charge in [0.15, 0.2) is 8.07 Å². The monoisotopic (exact) mass is 907 g/mol. The summed E-state index contributed by atoms with van der Waals surface area (Å²) < 4.78 is 7.52. The van der Waals surface area contributed by atoms with Crippen molar-refractivity contribution in [3.05, 3.63) is 273 Å². The zero-order valence-electron chi connectivity index (χ0n) is 38.3. The van der Waals surface area contributed by atoms with E-state index in [0.717, 1.165) is 17.1 Å². The van der Waals surface area contributed by atoms with Crippen molar-refractivity contribution in [3.63, 3.8) is 0 Å². The van der Waals surface area contributed by atoms with E-state index in [9.17, 15) is 0 Å². The van der Waals surface area contributed by atoms with Crippen molar-refractivity contribution in [3.8, 4) is 28.2 Å². The summed E-state index contributed by atoms with van der Waals surface area (Å²) in [5.74, 6) is 0. The van der Waals surface area contributed by atoms with Crippen molar-refractivity contribution in [2.24, 2.45) is 0 Å². The lowest BCUT2D eigenvalue weighted by Crippen LogP contribution is -2.74. The molecule has 0 aliphatic heterocycles. The van der Waals surface area contributed by atoms with Crippen LogP contribution in [0.15, 0.2) is 273 Å². The highest BCUT2D eigenvalue weighted by molar-refractivity contribution is 7.19. The average molecular weight is 908 g/mol. The van der Waals surface area contributed by atoms with Gasteiger partial charge in [-0.2, -0.15) is 0 Å². The maximum absolute atomic E-state index is 2.83. The highest BCUT2D eigenvalue weighted by atomic mass is 28.3. The maximum Gasteiger partial charge on any atom is 0.179 e. The molecular weight excluding hydrogens is 863 g/mol. The lowest BCUT2D eigenvalue weighted by molar-refractivity contribution is 1.13. The molecule has 0 aliphatic rings. The predicted molar refractivity (Wildman–Crippen MR) is 299 cm³/mol. The Morgan fingerprint density at radius 1 is 0.243 bits per heavy atom. The molecule has 14 aromatic rings. The summed E-state index contributed by atoms with van der Waals surface area (Å²) >= 11 is 0. The summed E-state index contributed by atoms with van der Waals surface area (Å²) in [6.07, 6.45) is 0. The van der Waals surface area contributed by atoms with Gasteiger partial charge in [-0.3, -0.25) is 0 Å². The Morgan fingerprint density at radius 3 is 1.26 bits per heavy atom. The fourth-order valence-electron chi connectivity index (χ4n) is 12.0. The molecule has 11 aromatic carbocycles. The number of para-hydroxylation sites is 6. The first kappa shape index (κ1) is 40.1. The molecule has 0 fully saturated rings. The number of hydrogen-bond acceptors (Lipinski definition) is 0. The Hall–Kier alpha value is -8.96. The molecule has 0 N–H and O–H groups in total. The molecule has 0 radical (unpaired) electrons. The number of aromatic nitrogens is 3. The van der Waals surface area contributed by atoms with E-state index in [0.29, 0.717) is 0 Å². The SMILES string of the molecule is c1ccc(-n2c3ccccc3c3cccc(-c4cccc5c4c4ccccc4n5-c4cccc5c6ccccc6n(-c6cccc([Si](c7ccccc7)(c7ccccc7)c7ccccc7)c6)c45)c32)cc1. The second-order valence-corrected chi connectivity index (χ2v) is 22.2. The van der Waals surface area contributed by atoms with Gasteiger partial charge in [-0.25, -0.2) is 0 Å². The van der Waals surface area contributed by atoms with Gasteiger partial charge < -0.3 is 13.7 Å². The second-order valence-electron chi connectivity index (χ2n) is 18.4. The van der Waals surface area contributed by atoms with E-state index in [2.05, 4.69) is 287 Å². The van der Waals surface area contributed by atoms with Gasteiger partial charge in [0.25, 0.3) is 0 Å². The Bertz CT molecular complexity index is 4180. The third-order valence-electron chi connectivity index (χ3n) is 14.8. The van der Waals surface area contributed by atoms with Crippen LogP contribution in [-0.4, -0.2) is 21.8 Å². The van der Waals surface area contributed by atoms with Crippen molar-refractivity contribution in [2.75, 3.05) is 0 Å². The maximum atomic E-state index is 2.53. The van der Waals surface area contributed by atoms with Crippen molar-refractivity contribution in [2.45, 2.75) is 0 Å². The van der Waals surface area contributed by atoms with Crippen molar-refractivity contribution < 1.29 is 0 Å². The minimum Gasteiger partial charge on any atom is -0.309 e. The lowest BCUT2D eigenvalue weighted by atomic mass is 9.97. The smallest absolute Gasteiger partial charge is 0.179 e. The first-order valence-electron chi connectivity index (χ1n) is 24.2. The van der Waals surface area contributed by atoms with Crippen LogP contribution in [0.3, 0.4) is 0 Å². The first-order chi connectivity index (χ1) is 34.8. The van der Waals surface area contributed by atoms with Crippen LogP contribution in [0.25, 0.3) is 93.6 Å². The highest BCUT2D eigenvalue weighted by Crippen LogP contribution is 2.45. The molecule has 3 aromatic heterocycles. The normalized spacial score (nSPS) is 12.0. The lowest BCUT2D eigenvalue weighted by Gasteiger charge is -2.34. The Kier molecular flexibility index (Phi) is 9.23. The van der Waals surface area contributed by atoms with Crippen LogP contribution in [0.4, 0.5) is 0 Å². The molecule has 0 aliphatic carbocycles. The summed E-state index contributed by atoms with van der Waals surface area (Å²) in [5.41, 5.74) is 12.9. The molecule has 0 atom stereocenters. The first-order valence-corrected chi connectivity index (χ1v) is 26.2. The predicted octanol–water partition coefficient (Wildman–Crippen LogP) is 14.0. The standard InChI is InChI=1S/C66H45N3Si/c1-5-23-46(24-6-1)67-59-40-16-13-33-52(59)55-37-20-38-57(65(55)67)54-36-21-43-62-64(54)58-35-15-18-42-61(58)69(62)63-44-22-39-56-53-34-14-17-41-60(53)68(66(56)63)47-25-19-32-51(45-47)70(48-26-7-2-8-27-48,49-28-9-3-10-29-49)50-30-11-4-12-31-50/h1-45H. The van der Waals surface area contributed by atoms with E-state index in [4.69, 9.17) is 0 Å². The van der Waals surface area contributed by atoms with Gasteiger partial charge in [0.2, 0.25) is 0 Å². The Morgan fingerprint density at radius 2 is 0.643 bits per heavy atom. The minimum atomic E-state index is -2.83. The fourth-order valence-corrected chi connectivity index (χ4v) is 16.8.